The maximum Gasteiger partial charge on any atom is 0.234 e. The highest BCUT2D eigenvalue weighted by molar-refractivity contribution is 7.99. The number of aromatic nitrogens is 2. The molecule has 128 valence electrons. The van der Waals surface area contributed by atoms with E-state index in [0.717, 1.165) is 27.7 Å². The monoisotopic (exact) mass is 371 g/mol. The first-order chi connectivity index (χ1) is 12.0. The summed E-state index contributed by atoms with van der Waals surface area (Å²) in [5.41, 5.74) is 3.99. The van der Waals surface area contributed by atoms with Gasteiger partial charge in [-0.2, -0.15) is 0 Å². The Morgan fingerprint density at radius 1 is 1.20 bits per heavy atom. The van der Waals surface area contributed by atoms with Crippen molar-refractivity contribution in [2.45, 2.75) is 19.0 Å². The molecule has 0 fully saturated rings. The van der Waals surface area contributed by atoms with E-state index in [1.165, 1.54) is 11.8 Å². The van der Waals surface area contributed by atoms with Gasteiger partial charge in [-0.05, 0) is 55.3 Å². The molecule has 4 nitrogen and oxygen atoms in total. The highest BCUT2D eigenvalue weighted by Gasteiger charge is 2.10. The number of carbonyl (C=O) groups excluding carboxylic acids is 1. The molecule has 0 aliphatic heterocycles. The molecule has 0 unspecified atom stereocenters. The summed E-state index contributed by atoms with van der Waals surface area (Å²) >= 11 is 7.44. The number of anilines is 1. The van der Waals surface area contributed by atoms with E-state index >= 15 is 0 Å². The molecule has 3 aromatic rings. The van der Waals surface area contributed by atoms with Gasteiger partial charge in [-0.15, -0.1) is 0 Å². The molecule has 0 aliphatic carbocycles. The molecular formula is C19H18ClN3OS. The number of rotatable bonds is 5. The summed E-state index contributed by atoms with van der Waals surface area (Å²) in [7, 11) is 0. The third-order valence-corrected chi connectivity index (χ3v) is 4.73. The molecule has 0 bridgehead atoms. The minimum Gasteiger partial charge on any atom is -0.325 e. The van der Waals surface area contributed by atoms with Gasteiger partial charge in [0.05, 0.1) is 5.75 Å². The van der Waals surface area contributed by atoms with Crippen molar-refractivity contribution in [3.8, 4) is 5.69 Å². The molecule has 0 aliphatic rings. The summed E-state index contributed by atoms with van der Waals surface area (Å²) in [5, 5.41) is 4.35. The van der Waals surface area contributed by atoms with Crippen LogP contribution in [-0.4, -0.2) is 21.2 Å². The minimum atomic E-state index is -0.0596. The van der Waals surface area contributed by atoms with Gasteiger partial charge in [-0.3, -0.25) is 9.36 Å². The van der Waals surface area contributed by atoms with Gasteiger partial charge in [0, 0.05) is 28.8 Å². The predicted molar refractivity (Wildman–Crippen MR) is 104 cm³/mol. The second-order valence-electron chi connectivity index (χ2n) is 5.77. The first-order valence-corrected chi connectivity index (χ1v) is 9.18. The molecule has 1 heterocycles. The number of thioether (sulfide) groups is 1. The molecule has 0 atom stereocenters. The van der Waals surface area contributed by atoms with E-state index in [1.54, 1.807) is 6.20 Å². The number of imidazole rings is 1. The lowest BCUT2D eigenvalue weighted by molar-refractivity contribution is -0.113. The Balaban J connectivity index is 1.66. The first kappa shape index (κ1) is 17.6. The summed E-state index contributed by atoms with van der Waals surface area (Å²) in [5.74, 6) is 0.223. The summed E-state index contributed by atoms with van der Waals surface area (Å²) in [4.78, 5) is 16.6. The first-order valence-electron chi connectivity index (χ1n) is 7.81. The molecular weight excluding hydrogens is 354 g/mol. The van der Waals surface area contributed by atoms with Crippen LogP contribution >= 0.6 is 23.4 Å². The summed E-state index contributed by atoms with van der Waals surface area (Å²) in [6, 6.07) is 13.5. The van der Waals surface area contributed by atoms with Crippen molar-refractivity contribution < 1.29 is 4.79 Å². The smallest absolute Gasteiger partial charge is 0.234 e. The number of nitrogens with one attached hydrogen (secondary N) is 1. The van der Waals surface area contributed by atoms with Crippen molar-refractivity contribution in [2.75, 3.05) is 11.1 Å². The molecule has 1 aromatic heterocycles. The van der Waals surface area contributed by atoms with Crippen molar-refractivity contribution in [3.05, 3.63) is 71.0 Å². The Bertz CT molecular complexity index is 887. The SMILES string of the molecule is Cc1cc(C)cc(NC(=O)CSc2nccn2-c2cccc(Cl)c2)c1. The van der Waals surface area contributed by atoms with E-state index in [2.05, 4.69) is 16.4 Å². The number of benzene rings is 2. The molecule has 1 N–H and O–H groups in total. The fraction of sp³-hybridized carbons (Fsp3) is 0.158. The lowest BCUT2D eigenvalue weighted by atomic mass is 10.1. The Morgan fingerprint density at radius 3 is 2.68 bits per heavy atom. The molecule has 1 amide bonds. The van der Waals surface area contributed by atoms with Crippen LogP contribution < -0.4 is 5.32 Å². The van der Waals surface area contributed by atoms with Crippen LogP contribution in [0.15, 0.2) is 60.0 Å². The molecule has 25 heavy (non-hydrogen) atoms. The fourth-order valence-corrected chi connectivity index (χ4v) is 3.55. The van der Waals surface area contributed by atoms with Gasteiger partial charge < -0.3 is 5.32 Å². The molecule has 0 saturated carbocycles. The zero-order valence-corrected chi connectivity index (χ0v) is 15.6. The highest BCUT2D eigenvalue weighted by Crippen LogP contribution is 2.23. The lowest BCUT2D eigenvalue weighted by Crippen LogP contribution is -2.14. The van der Waals surface area contributed by atoms with Gasteiger partial charge in [0.1, 0.15) is 0 Å². The fourth-order valence-electron chi connectivity index (χ4n) is 2.59. The van der Waals surface area contributed by atoms with Crippen molar-refractivity contribution in [1.82, 2.24) is 9.55 Å². The molecule has 0 radical (unpaired) electrons. The molecule has 3 rings (SSSR count). The maximum atomic E-state index is 12.2. The van der Waals surface area contributed by atoms with E-state index < -0.39 is 0 Å². The van der Waals surface area contributed by atoms with Crippen molar-refractivity contribution in [1.29, 1.82) is 0 Å². The highest BCUT2D eigenvalue weighted by atomic mass is 35.5. The second-order valence-corrected chi connectivity index (χ2v) is 7.15. The number of aryl methyl sites for hydroxylation is 2. The minimum absolute atomic E-state index is 0.0596. The van der Waals surface area contributed by atoms with Crippen LogP contribution in [0.4, 0.5) is 5.69 Å². The van der Waals surface area contributed by atoms with E-state index in [-0.39, 0.29) is 11.7 Å². The van der Waals surface area contributed by atoms with Crippen molar-refractivity contribution in [3.63, 3.8) is 0 Å². The third kappa shape index (κ3) is 4.65. The maximum absolute atomic E-state index is 12.2. The Hall–Kier alpha value is -2.24. The van der Waals surface area contributed by atoms with Crippen LogP contribution in [0.25, 0.3) is 5.69 Å². The largest absolute Gasteiger partial charge is 0.325 e. The number of amides is 1. The van der Waals surface area contributed by atoms with Gasteiger partial charge in [0.15, 0.2) is 5.16 Å². The third-order valence-electron chi connectivity index (χ3n) is 3.53. The van der Waals surface area contributed by atoms with Crippen LogP contribution in [-0.2, 0) is 4.79 Å². The summed E-state index contributed by atoms with van der Waals surface area (Å²) in [6.07, 6.45) is 3.57. The predicted octanol–water partition coefficient (Wildman–Crippen LogP) is 4.87. The van der Waals surface area contributed by atoms with Crippen molar-refractivity contribution in [2.24, 2.45) is 0 Å². The normalized spacial score (nSPS) is 10.7. The zero-order valence-electron chi connectivity index (χ0n) is 14.0. The topological polar surface area (TPSA) is 46.9 Å². The van der Waals surface area contributed by atoms with Gasteiger partial charge in [-0.25, -0.2) is 4.98 Å². The number of halogens is 1. The Kier molecular flexibility index (Phi) is 5.46. The summed E-state index contributed by atoms with van der Waals surface area (Å²) in [6.45, 7) is 4.03. The number of hydrogen-bond donors (Lipinski definition) is 1. The van der Waals surface area contributed by atoms with E-state index in [1.807, 2.05) is 61.0 Å². The molecule has 0 spiro atoms. The van der Waals surface area contributed by atoms with Crippen LogP contribution in [0.3, 0.4) is 0 Å². The van der Waals surface area contributed by atoms with E-state index in [9.17, 15) is 4.79 Å². The summed E-state index contributed by atoms with van der Waals surface area (Å²) < 4.78 is 1.92. The molecule has 2 aromatic carbocycles. The standard InChI is InChI=1S/C19H18ClN3OS/c1-13-8-14(2)10-16(9-13)22-18(24)12-25-19-21-6-7-23(19)17-5-3-4-15(20)11-17/h3-11H,12H2,1-2H3,(H,22,24). The van der Waals surface area contributed by atoms with Crippen LogP contribution in [0.2, 0.25) is 5.02 Å². The van der Waals surface area contributed by atoms with Crippen LogP contribution in [0.5, 0.6) is 0 Å². The van der Waals surface area contributed by atoms with Gasteiger partial charge in [0.2, 0.25) is 5.91 Å². The Labute approximate surface area is 156 Å². The number of nitrogens with zero attached hydrogens (tertiary/aromatic N) is 2. The average Bonchev–Trinajstić information content (AvgIpc) is 3.00. The quantitative estimate of drug-likeness (QED) is 0.650. The average molecular weight is 372 g/mol. The van der Waals surface area contributed by atoms with Gasteiger partial charge in [0.25, 0.3) is 0 Å². The van der Waals surface area contributed by atoms with Crippen molar-refractivity contribution >= 4 is 35.0 Å². The second kappa shape index (κ2) is 7.76. The lowest BCUT2D eigenvalue weighted by Gasteiger charge is -2.09. The Morgan fingerprint density at radius 2 is 1.96 bits per heavy atom. The molecule has 6 heteroatoms. The zero-order chi connectivity index (χ0) is 17.8. The van der Waals surface area contributed by atoms with E-state index in [0.29, 0.717) is 5.02 Å². The van der Waals surface area contributed by atoms with Crippen LogP contribution in [0.1, 0.15) is 11.1 Å². The van der Waals surface area contributed by atoms with Crippen LogP contribution in [0, 0.1) is 13.8 Å². The van der Waals surface area contributed by atoms with Gasteiger partial charge >= 0.3 is 0 Å². The van der Waals surface area contributed by atoms with Gasteiger partial charge in [-0.1, -0.05) is 35.5 Å². The van der Waals surface area contributed by atoms with E-state index in [4.69, 9.17) is 11.6 Å². The number of hydrogen-bond acceptors (Lipinski definition) is 3. The number of carbonyl (C=O) groups is 1. The molecule has 0 saturated heterocycles.